The number of unbranched alkanes of at least 4 members (excludes halogenated alkanes) is 24. The molecule has 0 aromatic carbocycles. The number of carbonyl (C=O) groups excluding carboxylic acids is 2. The highest BCUT2D eigenvalue weighted by atomic mass is 31.2. The number of quaternary nitrogens is 1. The molecule has 0 rings (SSSR count). The lowest BCUT2D eigenvalue weighted by atomic mass is 10.0. The molecule has 1 unspecified atom stereocenters. The number of hydrogen-bond acceptors (Lipinski definition) is 6. The maximum Gasteiger partial charge on any atom is 0.306 e. The van der Waals surface area contributed by atoms with E-state index in [1.807, 2.05) is 0 Å². The second-order valence-electron chi connectivity index (χ2n) is 15.5. The summed E-state index contributed by atoms with van der Waals surface area (Å²) in [5.41, 5.74) is 0. The van der Waals surface area contributed by atoms with Crippen LogP contribution in [0.3, 0.4) is 0 Å². The third-order valence-electron chi connectivity index (χ3n) is 9.34. The number of likely N-dealkylation sites (N-methyl/N-ethyl adjacent to an activating group) is 1. The second-order valence-corrected chi connectivity index (χ2v) is 16.9. The van der Waals surface area contributed by atoms with Crippen LogP contribution in [0.15, 0.2) is 0 Å². The van der Waals surface area contributed by atoms with Crippen LogP contribution in [-0.2, 0) is 23.6 Å². The first-order valence-corrected chi connectivity index (χ1v) is 22.3. The van der Waals surface area contributed by atoms with Gasteiger partial charge in [0.05, 0.1) is 21.1 Å². The lowest BCUT2D eigenvalue weighted by molar-refractivity contribution is -0.870. The highest BCUT2D eigenvalue weighted by Crippen LogP contribution is 2.33. The number of rotatable bonds is 38. The lowest BCUT2D eigenvalue weighted by Crippen LogP contribution is -2.37. The number of ether oxygens (including phenoxy) is 2. The Bertz CT molecular complexity index is 731. The standard InChI is InChI=1S/C41H83NO6P/c1-6-8-10-12-14-16-18-20-22-24-26-28-30-32-40(43)46-38-39(34-37-49(45)47-36-35-42(3,4)5)48-41(44)33-31-29-27-25-23-21-19-17-15-13-11-9-7-2/h39,45H,6-38H2,1-5H3/q+1/t39?,49-/m1/s1. The van der Waals surface area contributed by atoms with E-state index in [9.17, 15) is 14.5 Å². The van der Waals surface area contributed by atoms with Crippen LogP contribution in [0.25, 0.3) is 0 Å². The first-order valence-electron chi connectivity index (χ1n) is 20.9. The van der Waals surface area contributed by atoms with Crippen molar-refractivity contribution in [3.63, 3.8) is 0 Å². The van der Waals surface area contributed by atoms with Gasteiger partial charge in [0, 0.05) is 19.0 Å². The van der Waals surface area contributed by atoms with E-state index in [0.717, 1.165) is 49.6 Å². The second kappa shape index (κ2) is 35.6. The molecule has 0 fully saturated rings. The lowest BCUT2D eigenvalue weighted by Gasteiger charge is -2.24. The van der Waals surface area contributed by atoms with Gasteiger partial charge in [-0.05, 0) is 19.3 Å². The monoisotopic (exact) mass is 717 g/mol. The van der Waals surface area contributed by atoms with Crippen molar-refractivity contribution in [1.29, 1.82) is 0 Å². The van der Waals surface area contributed by atoms with E-state index in [-0.39, 0.29) is 18.5 Å². The van der Waals surface area contributed by atoms with E-state index in [1.54, 1.807) is 0 Å². The van der Waals surface area contributed by atoms with Crippen molar-refractivity contribution in [2.75, 3.05) is 47.1 Å². The minimum absolute atomic E-state index is 0.0453. The molecule has 1 N–H and O–H groups in total. The molecular formula is C41H83NO6P+. The Morgan fingerprint density at radius 3 is 1.33 bits per heavy atom. The van der Waals surface area contributed by atoms with Crippen LogP contribution in [0.1, 0.15) is 200 Å². The smallest absolute Gasteiger partial charge is 0.306 e. The SMILES string of the molecule is CCCCCCCCCCCCCCCC(=O)OCC(CC[P@](O)OCC[N+](C)(C)C)OC(=O)CCCCCCCCCCCCCCC. The molecule has 0 amide bonds. The largest absolute Gasteiger partial charge is 0.462 e. The Balaban J connectivity index is 4.24. The van der Waals surface area contributed by atoms with Crippen LogP contribution in [-0.4, -0.2) is 74.5 Å². The van der Waals surface area contributed by atoms with Crippen molar-refractivity contribution < 1.29 is 33.0 Å². The van der Waals surface area contributed by atoms with Crippen LogP contribution in [0, 0.1) is 0 Å². The summed E-state index contributed by atoms with van der Waals surface area (Å²) in [5.74, 6) is -0.472. The number of nitrogens with zero attached hydrogens (tertiary/aromatic N) is 1. The molecular weight excluding hydrogens is 633 g/mol. The Hall–Kier alpha value is -0.750. The molecule has 0 aromatic heterocycles. The number of esters is 2. The molecule has 0 bridgehead atoms. The van der Waals surface area contributed by atoms with Gasteiger partial charge in [-0.2, -0.15) is 0 Å². The normalized spacial score (nSPS) is 13.0. The molecule has 0 saturated heterocycles. The topological polar surface area (TPSA) is 82.1 Å². The number of hydrogen-bond donors (Lipinski definition) is 1. The molecule has 0 aromatic rings. The summed E-state index contributed by atoms with van der Waals surface area (Å²) in [6.07, 6.45) is 33.9. The highest BCUT2D eigenvalue weighted by molar-refractivity contribution is 7.46. The van der Waals surface area contributed by atoms with E-state index in [2.05, 4.69) is 35.0 Å². The van der Waals surface area contributed by atoms with Gasteiger partial charge in [0.15, 0.2) is 8.38 Å². The zero-order valence-corrected chi connectivity index (χ0v) is 34.2. The van der Waals surface area contributed by atoms with Crippen molar-refractivity contribution in [1.82, 2.24) is 0 Å². The summed E-state index contributed by atoms with van der Waals surface area (Å²) in [5, 5.41) is 0. The summed E-state index contributed by atoms with van der Waals surface area (Å²) in [6, 6.07) is 0. The zero-order valence-electron chi connectivity index (χ0n) is 33.3. The van der Waals surface area contributed by atoms with Gasteiger partial charge in [0.1, 0.15) is 25.9 Å². The highest BCUT2D eigenvalue weighted by Gasteiger charge is 2.20. The quantitative estimate of drug-likeness (QED) is 0.0296. The summed E-state index contributed by atoms with van der Waals surface area (Å²) in [6.45, 7) is 5.85. The molecule has 0 aliphatic rings. The Labute approximate surface area is 305 Å². The van der Waals surface area contributed by atoms with Crippen molar-refractivity contribution >= 4 is 20.3 Å². The minimum Gasteiger partial charge on any atom is -0.462 e. The van der Waals surface area contributed by atoms with Crippen LogP contribution < -0.4 is 0 Å². The first-order chi connectivity index (χ1) is 23.7. The summed E-state index contributed by atoms with van der Waals surface area (Å²) < 4.78 is 17.7. The molecule has 0 aliphatic carbocycles. The van der Waals surface area contributed by atoms with Crippen molar-refractivity contribution in [2.45, 2.75) is 206 Å². The van der Waals surface area contributed by atoms with E-state index >= 15 is 0 Å². The summed E-state index contributed by atoms with van der Waals surface area (Å²) >= 11 is 0. The predicted molar refractivity (Wildman–Crippen MR) is 209 cm³/mol. The molecule has 292 valence electrons. The third kappa shape index (κ3) is 38.3. The van der Waals surface area contributed by atoms with Gasteiger partial charge in [-0.3, -0.25) is 9.59 Å². The number of carbonyl (C=O) groups is 2. The fourth-order valence-electron chi connectivity index (χ4n) is 5.99. The average Bonchev–Trinajstić information content (AvgIpc) is 3.06. The maximum atomic E-state index is 12.7. The molecule has 2 atom stereocenters. The van der Waals surface area contributed by atoms with Gasteiger partial charge in [0.25, 0.3) is 0 Å². The maximum absolute atomic E-state index is 12.7. The molecule has 8 heteroatoms. The van der Waals surface area contributed by atoms with Crippen molar-refractivity contribution in [2.24, 2.45) is 0 Å². The van der Waals surface area contributed by atoms with Crippen molar-refractivity contribution in [3.8, 4) is 0 Å². The fraction of sp³-hybridized carbons (Fsp3) is 0.951. The van der Waals surface area contributed by atoms with Gasteiger partial charge in [-0.15, -0.1) is 0 Å². The molecule has 7 nitrogen and oxygen atoms in total. The molecule has 0 radical (unpaired) electrons. The van der Waals surface area contributed by atoms with Gasteiger partial charge >= 0.3 is 11.9 Å². The van der Waals surface area contributed by atoms with Crippen LogP contribution in [0.2, 0.25) is 0 Å². The van der Waals surface area contributed by atoms with Crippen LogP contribution in [0.4, 0.5) is 0 Å². The molecule has 0 heterocycles. The molecule has 0 aliphatic heterocycles. The third-order valence-corrected chi connectivity index (χ3v) is 10.5. The fourth-order valence-corrected chi connectivity index (χ4v) is 6.92. The van der Waals surface area contributed by atoms with Gasteiger partial charge in [-0.25, -0.2) is 0 Å². The van der Waals surface area contributed by atoms with Gasteiger partial charge in [0.2, 0.25) is 0 Å². The van der Waals surface area contributed by atoms with Crippen molar-refractivity contribution in [3.05, 3.63) is 0 Å². The molecule has 0 spiro atoms. The Morgan fingerprint density at radius 2 is 0.939 bits per heavy atom. The Kier molecular flexibility index (Phi) is 35.1. The molecule has 49 heavy (non-hydrogen) atoms. The van der Waals surface area contributed by atoms with Gasteiger partial charge < -0.3 is 23.4 Å². The Morgan fingerprint density at radius 1 is 0.571 bits per heavy atom. The average molecular weight is 717 g/mol. The van der Waals surface area contributed by atoms with Gasteiger partial charge in [-0.1, -0.05) is 168 Å². The van der Waals surface area contributed by atoms with E-state index in [4.69, 9.17) is 14.0 Å². The summed E-state index contributed by atoms with van der Waals surface area (Å²) in [7, 11) is 4.65. The van der Waals surface area contributed by atoms with E-state index in [0.29, 0.717) is 32.0 Å². The first kappa shape index (κ1) is 48.2. The van der Waals surface area contributed by atoms with Crippen LogP contribution in [0.5, 0.6) is 0 Å². The summed E-state index contributed by atoms with van der Waals surface area (Å²) in [4.78, 5) is 35.6. The molecule has 0 saturated carbocycles. The minimum atomic E-state index is -1.61. The predicted octanol–water partition coefficient (Wildman–Crippen LogP) is 11.8. The zero-order chi connectivity index (χ0) is 36.3. The van der Waals surface area contributed by atoms with E-state index in [1.165, 1.54) is 128 Å². The van der Waals surface area contributed by atoms with E-state index < -0.39 is 14.5 Å². The van der Waals surface area contributed by atoms with Crippen LogP contribution >= 0.6 is 8.38 Å².